The van der Waals surface area contributed by atoms with Gasteiger partial charge in [-0.1, -0.05) is 0 Å². The van der Waals surface area contributed by atoms with Crippen molar-refractivity contribution in [2.45, 2.75) is 25.5 Å². The smallest absolute Gasteiger partial charge is 0.379 e. The maximum absolute atomic E-state index is 11.3. The highest BCUT2D eigenvalue weighted by Gasteiger charge is 2.30. The molecule has 7 heteroatoms. The molecule has 94 valence electrons. The number of hydrogen-bond donors (Lipinski definition) is 1. The number of methoxy groups -OCH3 is 1. The third-order valence-corrected chi connectivity index (χ3v) is 2.62. The van der Waals surface area contributed by atoms with E-state index in [9.17, 15) is 4.79 Å². The number of rotatable bonds is 4. The second-order valence-corrected chi connectivity index (χ2v) is 3.73. The highest BCUT2D eigenvalue weighted by Crippen LogP contribution is 2.23. The summed E-state index contributed by atoms with van der Waals surface area (Å²) in [5.41, 5.74) is 0. The molecule has 0 aliphatic carbocycles. The van der Waals surface area contributed by atoms with Crippen LogP contribution in [0.4, 0.5) is 0 Å². The first kappa shape index (κ1) is 12.0. The molecular formula is C10H15N3O4. The van der Waals surface area contributed by atoms with Crippen molar-refractivity contribution in [1.82, 2.24) is 15.5 Å². The molecule has 1 aliphatic heterocycles. The molecule has 17 heavy (non-hydrogen) atoms. The number of carbonyl (C=O) groups excluding carboxylic acids is 1. The summed E-state index contributed by atoms with van der Waals surface area (Å²) < 4.78 is 15.0. The lowest BCUT2D eigenvalue weighted by Gasteiger charge is -2.04. The zero-order valence-corrected chi connectivity index (χ0v) is 9.80. The lowest BCUT2D eigenvalue weighted by Crippen LogP contribution is -2.16. The topological polar surface area (TPSA) is 86.5 Å². The van der Waals surface area contributed by atoms with E-state index in [0.29, 0.717) is 5.89 Å². The zero-order valence-electron chi connectivity index (χ0n) is 9.80. The molecule has 0 spiro atoms. The molecule has 2 heterocycles. The predicted octanol–water partition coefficient (Wildman–Crippen LogP) is 0.296. The third-order valence-electron chi connectivity index (χ3n) is 2.62. The van der Waals surface area contributed by atoms with Crippen LogP contribution in [-0.2, 0) is 9.47 Å². The van der Waals surface area contributed by atoms with Crippen molar-refractivity contribution in [3.05, 3.63) is 11.7 Å². The van der Waals surface area contributed by atoms with Gasteiger partial charge in [0.1, 0.15) is 0 Å². The Balaban J connectivity index is 2.01. The number of nitrogens with zero attached hydrogens (tertiary/aromatic N) is 2. The SMILES string of the molecule is CCOC(=O)c1noc(C2CC(OC)CN2)n1. The van der Waals surface area contributed by atoms with Crippen LogP contribution in [0, 0.1) is 0 Å². The fourth-order valence-electron chi connectivity index (χ4n) is 1.73. The van der Waals surface area contributed by atoms with Gasteiger partial charge in [-0.3, -0.25) is 0 Å². The van der Waals surface area contributed by atoms with E-state index in [4.69, 9.17) is 14.0 Å². The van der Waals surface area contributed by atoms with Crippen molar-refractivity contribution in [2.24, 2.45) is 0 Å². The van der Waals surface area contributed by atoms with Crippen molar-refractivity contribution >= 4 is 5.97 Å². The maximum Gasteiger partial charge on any atom is 0.379 e. The third kappa shape index (κ3) is 2.62. The van der Waals surface area contributed by atoms with E-state index in [1.807, 2.05) is 0 Å². The number of aromatic nitrogens is 2. The largest absolute Gasteiger partial charge is 0.460 e. The average molecular weight is 241 g/mol. The molecule has 1 aliphatic rings. The Kier molecular flexibility index (Phi) is 3.70. The van der Waals surface area contributed by atoms with Crippen LogP contribution in [0.1, 0.15) is 35.9 Å². The van der Waals surface area contributed by atoms with Gasteiger partial charge < -0.3 is 19.3 Å². The first-order valence-electron chi connectivity index (χ1n) is 5.51. The number of ether oxygens (including phenoxy) is 2. The molecule has 1 saturated heterocycles. The van der Waals surface area contributed by atoms with Gasteiger partial charge in [0.2, 0.25) is 5.89 Å². The van der Waals surface area contributed by atoms with Gasteiger partial charge in [0.05, 0.1) is 18.8 Å². The van der Waals surface area contributed by atoms with Crippen LogP contribution in [0.2, 0.25) is 0 Å². The van der Waals surface area contributed by atoms with Gasteiger partial charge in [-0.15, -0.1) is 0 Å². The standard InChI is InChI=1S/C10H15N3O4/c1-3-16-10(14)8-12-9(17-13-8)7-4-6(15-2)5-11-7/h6-7,11H,3-5H2,1-2H3. The minimum atomic E-state index is -0.566. The first-order chi connectivity index (χ1) is 8.24. The normalized spacial score (nSPS) is 23.9. The molecule has 2 rings (SSSR count). The molecule has 2 atom stereocenters. The van der Waals surface area contributed by atoms with Gasteiger partial charge in [-0.05, 0) is 18.5 Å². The van der Waals surface area contributed by atoms with Crippen molar-refractivity contribution in [2.75, 3.05) is 20.3 Å². The summed E-state index contributed by atoms with van der Waals surface area (Å²) in [6, 6.07) is -0.0596. The summed E-state index contributed by atoms with van der Waals surface area (Å²) in [6.07, 6.45) is 0.888. The van der Waals surface area contributed by atoms with E-state index in [0.717, 1.165) is 13.0 Å². The van der Waals surface area contributed by atoms with Gasteiger partial charge in [0.25, 0.3) is 5.82 Å². The second kappa shape index (κ2) is 5.24. The van der Waals surface area contributed by atoms with Crippen LogP contribution < -0.4 is 5.32 Å². The molecular weight excluding hydrogens is 226 g/mol. The van der Waals surface area contributed by atoms with Crippen molar-refractivity contribution < 1.29 is 18.8 Å². The quantitative estimate of drug-likeness (QED) is 0.758. The molecule has 0 amide bonds. The summed E-state index contributed by atoms with van der Waals surface area (Å²) in [5, 5.41) is 6.77. The predicted molar refractivity (Wildman–Crippen MR) is 56.4 cm³/mol. The van der Waals surface area contributed by atoms with Crippen LogP contribution in [0.3, 0.4) is 0 Å². The maximum atomic E-state index is 11.3. The van der Waals surface area contributed by atoms with Crippen LogP contribution in [0.5, 0.6) is 0 Å². The Bertz CT molecular complexity index is 393. The molecule has 0 bridgehead atoms. The minimum Gasteiger partial charge on any atom is -0.460 e. The minimum absolute atomic E-state index is 0.0375. The van der Waals surface area contributed by atoms with Gasteiger partial charge in [-0.2, -0.15) is 4.98 Å². The molecule has 2 unspecified atom stereocenters. The molecule has 1 fully saturated rings. The Morgan fingerprint density at radius 3 is 3.12 bits per heavy atom. The van der Waals surface area contributed by atoms with Crippen molar-refractivity contribution in [1.29, 1.82) is 0 Å². The molecule has 0 aromatic carbocycles. The van der Waals surface area contributed by atoms with Gasteiger partial charge >= 0.3 is 5.97 Å². The fourth-order valence-corrected chi connectivity index (χ4v) is 1.73. The molecule has 1 aromatic heterocycles. The molecule has 0 radical (unpaired) electrons. The summed E-state index contributed by atoms with van der Waals surface area (Å²) >= 11 is 0. The Morgan fingerprint density at radius 2 is 2.47 bits per heavy atom. The van der Waals surface area contributed by atoms with E-state index in [-0.39, 0.29) is 24.6 Å². The molecule has 1 aromatic rings. The molecule has 1 N–H and O–H groups in total. The van der Waals surface area contributed by atoms with E-state index < -0.39 is 5.97 Å². The Morgan fingerprint density at radius 1 is 1.65 bits per heavy atom. The van der Waals surface area contributed by atoms with Crippen LogP contribution in [0.25, 0.3) is 0 Å². The summed E-state index contributed by atoms with van der Waals surface area (Å²) in [6.45, 7) is 2.75. The van der Waals surface area contributed by atoms with Gasteiger partial charge in [0, 0.05) is 13.7 Å². The van der Waals surface area contributed by atoms with Crippen LogP contribution in [-0.4, -0.2) is 42.5 Å². The number of carbonyl (C=O) groups is 1. The van der Waals surface area contributed by atoms with E-state index in [1.54, 1.807) is 14.0 Å². The van der Waals surface area contributed by atoms with Gasteiger partial charge in [-0.25, -0.2) is 4.79 Å². The lowest BCUT2D eigenvalue weighted by molar-refractivity contribution is 0.0508. The summed E-state index contributed by atoms with van der Waals surface area (Å²) in [7, 11) is 1.66. The highest BCUT2D eigenvalue weighted by molar-refractivity contribution is 5.84. The number of esters is 1. The van der Waals surface area contributed by atoms with E-state index >= 15 is 0 Å². The second-order valence-electron chi connectivity index (χ2n) is 3.73. The van der Waals surface area contributed by atoms with E-state index in [1.165, 1.54) is 0 Å². The first-order valence-corrected chi connectivity index (χ1v) is 5.51. The fraction of sp³-hybridized carbons (Fsp3) is 0.700. The van der Waals surface area contributed by atoms with E-state index in [2.05, 4.69) is 15.5 Å². The zero-order chi connectivity index (χ0) is 12.3. The van der Waals surface area contributed by atoms with Crippen molar-refractivity contribution in [3.63, 3.8) is 0 Å². The molecule has 7 nitrogen and oxygen atoms in total. The summed E-state index contributed by atoms with van der Waals surface area (Å²) in [4.78, 5) is 15.4. The average Bonchev–Trinajstić information content (AvgIpc) is 2.98. The Hall–Kier alpha value is -1.47. The highest BCUT2D eigenvalue weighted by atomic mass is 16.5. The van der Waals surface area contributed by atoms with Gasteiger partial charge in [0.15, 0.2) is 0 Å². The monoisotopic (exact) mass is 241 g/mol. The number of hydrogen-bond acceptors (Lipinski definition) is 7. The summed E-state index contributed by atoms with van der Waals surface area (Å²) in [5.74, 6) is -0.207. The Labute approximate surface area is 98.5 Å². The lowest BCUT2D eigenvalue weighted by atomic mass is 10.2. The van der Waals surface area contributed by atoms with Crippen molar-refractivity contribution in [3.8, 4) is 0 Å². The molecule has 0 saturated carbocycles. The van der Waals surface area contributed by atoms with Crippen LogP contribution >= 0.6 is 0 Å². The van der Waals surface area contributed by atoms with Crippen LogP contribution in [0.15, 0.2) is 4.52 Å². The number of nitrogens with one attached hydrogen (secondary N) is 1.